The van der Waals surface area contributed by atoms with Crippen molar-refractivity contribution < 1.29 is 8.42 Å². The lowest BCUT2D eigenvalue weighted by molar-refractivity contribution is 0.551. The van der Waals surface area contributed by atoms with E-state index in [9.17, 15) is 8.42 Å². The molecule has 0 saturated heterocycles. The zero-order valence-electron chi connectivity index (χ0n) is 13.5. The lowest BCUT2D eigenvalue weighted by Crippen LogP contribution is -2.32. The largest absolute Gasteiger partial charge is 0.305 e. The average molecular weight is 324 g/mol. The summed E-state index contributed by atoms with van der Waals surface area (Å²) in [5.41, 5.74) is 2.33. The summed E-state index contributed by atoms with van der Waals surface area (Å²) in [6, 6.07) is 7.95. The van der Waals surface area contributed by atoms with Crippen molar-refractivity contribution in [2.45, 2.75) is 58.0 Å². The number of rotatable bonds is 10. The molecule has 1 aromatic carbocycles. The highest BCUT2D eigenvalue weighted by atomic mass is 32.2. The maximum atomic E-state index is 12.2. The van der Waals surface area contributed by atoms with E-state index in [1.165, 1.54) is 31.2 Å². The number of benzene rings is 1. The van der Waals surface area contributed by atoms with Crippen LogP contribution in [-0.2, 0) is 16.6 Å². The van der Waals surface area contributed by atoms with Crippen LogP contribution in [-0.4, -0.2) is 20.7 Å². The number of hydrogen-bond acceptors (Lipinski definition) is 3. The van der Waals surface area contributed by atoms with E-state index in [2.05, 4.69) is 23.0 Å². The van der Waals surface area contributed by atoms with Crippen molar-refractivity contribution >= 4 is 10.0 Å². The van der Waals surface area contributed by atoms with Crippen LogP contribution in [0.3, 0.4) is 0 Å². The molecule has 4 nitrogen and oxygen atoms in total. The highest BCUT2D eigenvalue weighted by molar-refractivity contribution is 7.89. The Morgan fingerprint density at radius 2 is 1.86 bits per heavy atom. The second-order valence-electron chi connectivity index (χ2n) is 6.08. The standard InChI is InChI=1S/C17H28N2O2S/c1-2-3-4-5-6-9-12-19-22(20,21)14-17-16-11-8-7-10-15(16)13-18-17/h7-8,10-11,17-19H,2-6,9,12-14H2,1H3. The molecule has 1 aliphatic heterocycles. The molecule has 1 heterocycles. The van der Waals surface area contributed by atoms with E-state index >= 15 is 0 Å². The number of unbranched alkanes of at least 4 members (excludes halogenated alkanes) is 5. The minimum atomic E-state index is -3.22. The number of hydrogen-bond donors (Lipinski definition) is 2. The molecule has 1 aromatic rings. The first-order valence-electron chi connectivity index (χ1n) is 8.41. The number of fused-ring (bicyclic) bond motifs is 1. The van der Waals surface area contributed by atoms with Crippen molar-refractivity contribution in [3.8, 4) is 0 Å². The van der Waals surface area contributed by atoms with Gasteiger partial charge in [-0.25, -0.2) is 13.1 Å². The minimum Gasteiger partial charge on any atom is -0.305 e. The Balaban J connectivity index is 1.71. The fourth-order valence-corrected chi connectivity index (χ4v) is 4.25. The second-order valence-corrected chi connectivity index (χ2v) is 7.93. The van der Waals surface area contributed by atoms with E-state index in [-0.39, 0.29) is 11.8 Å². The van der Waals surface area contributed by atoms with Crippen LogP contribution in [0.5, 0.6) is 0 Å². The van der Waals surface area contributed by atoms with Crippen molar-refractivity contribution in [1.29, 1.82) is 0 Å². The van der Waals surface area contributed by atoms with Crippen molar-refractivity contribution in [2.24, 2.45) is 0 Å². The van der Waals surface area contributed by atoms with Crippen LogP contribution in [0.25, 0.3) is 0 Å². The smallest absolute Gasteiger partial charge is 0.213 e. The molecule has 0 fully saturated rings. The molecule has 2 rings (SSSR count). The number of nitrogens with one attached hydrogen (secondary N) is 2. The molecule has 0 amide bonds. The molecule has 0 aromatic heterocycles. The predicted octanol–water partition coefficient (Wildman–Crippen LogP) is 3.11. The van der Waals surface area contributed by atoms with Gasteiger partial charge in [0.25, 0.3) is 0 Å². The Labute approximate surface area is 134 Å². The molecule has 22 heavy (non-hydrogen) atoms. The van der Waals surface area contributed by atoms with Gasteiger partial charge in [-0.2, -0.15) is 0 Å². The first kappa shape index (κ1) is 17.4. The van der Waals surface area contributed by atoms with Gasteiger partial charge in [-0.3, -0.25) is 0 Å². The summed E-state index contributed by atoms with van der Waals surface area (Å²) >= 11 is 0. The number of sulfonamides is 1. The second kappa shape index (κ2) is 8.65. The van der Waals surface area contributed by atoms with Gasteiger partial charge in [0.1, 0.15) is 0 Å². The normalized spacial score (nSPS) is 17.6. The Kier molecular flexibility index (Phi) is 6.86. The van der Waals surface area contributed by atoms with Crippen LogP contribution in [0.4, 0.5) is 0 Å². The van der Waals surface area contributed by atoms with E-state index in [0.29, 0.717) is 6.54 Å². The molecule has 0 radical (unpaired) electrons. The van der Waals surface area contributed by atoms with E-state index in [1.807, 2.05) is 18.2 Å². The Bertz CT molecular complexity index is 558. The van der Waals surface area contributed by atoms with Crippen molar-refractivity contribution in [3.05, 3.63) is 35.4 Å². The SMILES string of the molecule is CCCCCCCCNS(=O)(=O)CC1NCc2ccccc21. The maximum absolute atomic E-state index is 12.2. The van der Waals surface area contributed by atoms with Crippen LogP contribution >= 0.6 is 0 Å². The van der Waals surface area contributed by atoms with Crippen LogP contribution in [0.1, 0.15) is 62.6 Å². The lowest BCUT2D eigenvalue weighted by Gasteiger charge is -2.13. The Morgan fingerprint density at radius 1 is 1.14 bits per heavy atom. The third-order valence-corrected chi connectivity index (χ3v) is 5.62. The van der Waals surface area contributed by atoms with Gasteiger partial charge in [-0.05, 0) is 17.5 Å². The van der Waals surface area contributed by atoms with E-state index in [0.717, 1.165) is 24.9 Å². The highest BCUT2D eigenvalue weighted by Gasteiger charge is 2.26. The summed E-state index contributed by atoms with van der Waals surface area (Å²) < 4.78 is 27.1. The van der Waals surface area contributed by atoms with Crippen LogP contribution in [0, 0.1) is 0 Å². The first-order chi connectivity index (χ1) is 10.6. The van der Waals surface area contributed by atoms with Crippen LogP contribution in [0.2, 0.25) is 0 Å². The lowest BCUT2D eigenvalue weighted by atomic mass is 10.1. The van der Waals surface area contributed by atoms with E-state index in [4.69, 9.17) is 0 Å². The van der Waals surface area contributed by atoms with Gasteiger partial charge in [0.2, 0.25) is 10.0 Å². The van der Waals surface area contributed by atoms with Gasteiger partial charge in [-0.15, -0.1) is 0 Å². The highest BCUT2D eigenvalue weighted by Crippen LogP contribution is 2.25. The molecule has 2 N–H and O–H groups in total. The van der Waals surface area contributed by atoms with Gasteiger partial charge in [0.15, 0.2) is 0 Å². The van der Waals surface area contributed by atoms with Crippen molar-refractivity contribution in [2.75, 3.05) is 12.3 Å². The predicted molar refractivity (Wildman–Crippen MR) is 91.2 cm³/mol. The monoisotopic (exact) mass is 324 g/mol. The molecule has 0 bridgehead atoms. The molecule has 1 unspecified atom stereocenters. The van der Waals surface area contributed by atoms with Crippen molar-refractivity contribution in [3.63, 3.8) is 0 Å². The van der Waals surface area contributed by atoms with Crippen LogP contribution in [0.15, 0.2) is 24.3 Å². The van der Waals surface area contributed by atoms with Gasteiger partial charge in [0.05, 0.1) is 5.75 Å². The summed E-state index contributed by atoms with van der Waals surface area (Å²) in [5.74, 6) is 0.125. The van der Waals surface area contributed by atoms with Gasteiger partial charge in [0, 0.05) is 19.1 Å². The van der Waals surface area contributed by atoms with Gasteiger partial charge in [-0.1, -0.05) is 63.3 Å². The zero-order chi connectivity index (χ0) is 15.8. The molecule has 5 heteroatoms. The van der Waals surface area contributed by atoms with E-state index < -0.39 is 10.0 Å². The van der Waals surface area contributed by atoms with Gasteiger partial charge < -0.3 is 5.32 Å². The fourth-order valence-electron chi connectivity index (χ4n) is 2.94. The van der Waals surface area contributed by atoms with Crippen LogP contribution < -0.4 is 10.0 Å². The molecule has 0 spiro atoms. The van der Waals surface area contributed by atoms with Gasteiger partial charge >= 0.3 is 0 Å². The summed E-state index contributed by atoms with van der Waals surface area (Å²) in [6.45, 7) is 3.51. The maximum Gasteiger partial charge on any atom is 0.213 e. The quantitative estimate of drug-likeness (QED) is 0.650. The Hall–Kier alpha value is -0.910. The molecular formula is C17H28N2O2S. The molecule has 1 aliphatic rings. The molecule has 1 atom stereocenters. The zero-order valence-corrected chi connectivity index (χ0v) is 14.3. The van der Waals surface area contributed by atoms with Crippen molar-refractivity contribution in [1.82, 2.24) is 10.0 Å². The fraction of sp³-hybridized carbons (Fsp3) is 0.647. The third-order valence-electron chi connectivity index (χ3n) is 4.21. The summed E-state index contributed by atoms with van der Waals surface area (Å²) in [4.78, 5) is 0. The molecular weight excluding hydrogens is 296 g/mol. The van der Waals surface area contributed by atoms with E-state index in [1.54, 1.807) is 0 Å². The Morgan fingerprint density at radius 3 is 2.68 bits per heavy atom. The molecule has 124 valence electrons. The summed E-state index contributed by atoms with van der Waals surface area (Å²) in [5, 5.41) is 3.28. The minimum absolute atomic E-state index is 0.0849. The summed E-state index contributed by atoms with van der Waals surface area (Å²) in [6.07, 6.45) is 7.00. The average Bonchev–Trinajstić information content (AvgIpc) is 2.89. The topological polar surface area (TPSA) is 58.2 Å². The first-order valence-corrected chi connectivity index (χ1v) is 10.1. The molecule has 0 saturated carbocycles. The molecule has 0 aliphatic carbocycles. The third kappa shape index (κ3) is 5.38. The summed E-state index contributed by atoms with van der Waals surface area (Å²) in [7, 11) is -3.22.